The number of nitrogens with zero attached hydrogens (tertiary/aromatic N) is 2. The van der Waals surface area contributed by atoms with Gasteiger partial charge >= 0.3 is 0 Å². The number of carbonyl (C=O) groups excluding carboxylic acids is 1. The predicted octanol–water partition coefficient (Wildman–Crippen LogP) is 4.37. The summed E-state index contributed by atoms with van der Waals surface area (Å²) in [6, 6.07) is 17.8. The zero-order valence-electron chi connectivity index (χ0n) is 18.6. The highest BCUT2D eigenvalue weighted by Crippen LogP contribution is 2.30. The molecule has 7 heteroatoms. The van der Waals surface area contributed by atoms with Crippen LogP contribution in [-0.2, 0) is 11.2 Å². The Kier molecular flexibility index (Phi) is 6.88. The molecule has 4 aromatic rings. The van der Waals surface area contributed by atoms with Crippen molar-refractivity contribution in [3.8, 4) is 11.5 Å². The Balaban J connectivity index is 1.48. The summed E-state index contributed by atoms with van der Waals surface area (Å²) in [4.78, 5) is 17.3. The molecule has 1 amide bonds. The Labute approximate surface area is 192 Å². The van der Waals surface area contributed by atoms with Gasteiger partial charge in [-0.25, -0.2) is 9.37 Å². The molecule has 0 aliphatic rings. The van der Waals surface area contributed by atoms with Crippen LogP contribution in [0, 0.1) is 5.82 Å². The average Bonchev–Trinajstić information content (AvgIpc) is 3.26. The zero-order chi connectivity index (χ0) is 23.2. The van der Waals surface area contributed by atoms with E-state index in [1.165, 1.54) is 12.1 Å². The number of carbonyl (C=O) groups is 1. The minimum absolute atomic E-state index is 0.115. The summed E-state index contributed by atoms with van der Waals surface area (Å²) in [7, 11) is 3.19. The van der Waals surface area contributed by atoms with Gasteiger partial charge in [0.05, 0.1) is 19.9 Å². The summed E-state index contributed by atoms with van der Waals surface area (Å²) in [6.45, 7) is 0.470. The maximum absolute atomic E-state index is 14.0. The van der Waals surface area contributed by atoms with E-state index in [2.05, 4.69) is 10.3 Å². The van der Waals surface area contributed by atoms with E-state index in [1.54, 1.807) is 26.5 Å². The molecule has 0 saturated carbocycles. The third kappa shape index (κ3) is 5.14. The van der Waals surface area contributed by atoms with Crippen molar-refractivity contribution in [1.82, 2.24) is 14.7 Å². The second-order valence-corrected chi connectivity index (χ2v) is 7.71. The van der Waals surface area contributed by atoms with Crippen LogP contribution < -0.4 is 14.8 Å². The summed E-state index contributed by atoms with van der Waals surface area (Å²) in [5, 5.41) is 2.99. The summed E-state index contributed by atoms with van der Waals surface area (Å²) in [6.07, 6.45) is 4.48. The maximum Gasteiger partial charge on any atom is 0.221 e. The van der Waals surface area contributed by atoms with E-state index >= 15 is 0 Å². The number of fused-ring (bicyclic) bond motifs is 1. The van der Waals surface area contributed by atoms with Crippen LogP contribution in [0.15, 0.2) is 73.1 Å². The highest BCUT2D eigenvalue weighted by atomic mass is 19.1. The van der Waals surface area contributed by atoms with Gasteiger partial charge in [-0.3, -0.25) is 4.79 Å². The van der Waals surface area contributed by atoms with Crippen LogP contribution in [0.1, 0.15) is 29.2 Å². The van der Waals surface area contributed by atoms with Crippen LogP contribution in [0.3, 0.4) is 0 Å². The van der Waals surface area contributed by atoms with Crippen LogP contribution in [-0.4, -0.2) is 36.1 Å². The molecular formula is C26H26FN3O3. The highest BCUT2D eigenvalue weighted by molar-refractivity contribution is 5.77. The van der Waals surface area contributed by atoms with Gasteiger partial charge in [0.15, 0.2) is 11.5 Å². The van der Waals surface area contributed by atoms with Gasteiger partial charge in [-0.2, -0.15) is 0 Å². The zero-order valence-corrected chi connectivity index (χ0v) is 18.6. The molecule has 0 saturated heterocycles. The molecule has 6 nitrogen and oxygen atoms in total. The number of imidazole rings is 1. The molecule has 0 fully saturated rings. The van der Waals surface area contributed by atoms with E-state index in [0.29, 0.717) is 24.5 Å². The molecule has 0 radical (unpaired) electrons. The minimum atomic E-state index is -0.334. The first-order valence-electron chi connectivity index (χ1n) is 10.7. The summed E-state index contributed by atoms with van der Waals surface area (Å²) in [5.74, 6) is 0.534. The molecule has 4 rings (SSSR count). The third-order valence-electron chi connectivity index (χ3n) is 5.63. The van der Waals surface area contributed by atoms with E-state index in [0.717, 1.165) is 22.5 Å². The van der Waals surface area contributed by atoms with Crippen LogP contribution in [0.4, 0.5) is 4.39 Å². The van der Waals surface area contributed by atoms with Gasteiger partial charge in [0.2, 0.25) is 5.91 Å². The topological polar surface area (TPSA) is 64.9 Å². The largest absolute Gasteiger partial charge is 0.493 e. The van der Waals surface area contributed by atoms with Crippen molar-refractivity contribution in [1.29, 1.82) is 0 Å². The Morgan fingerprint density at radius 2 is 1.91 bits per heavy atom. The molecular weight excluding hydrogens is 421 g/mol. The average molecular weight is 448 g/mol. The lowest BCUT2D eigenvalue weighted by atomic mass is 9.92. The van der Waals surface area contributed by atoms with E-state index in [9.17, 15) is 9.18 Å². The third-order valence-corrected chi connectivity index (χ3v) is 5.63. The lowest BCUT2D eigenvalue weighted by Crippen LogP contribution is -2.27. The van der Waals surface area contributed by atoms with Crippen LogP contribution in [0.5, 0.6) is 11.5 Å². The van der Waals surface area contributed by atoms with Crippen LogP contribution in [0.25, 0.3) is 5.65 Å². The number of benzene rings is 2. The van der Waals surface area contributed by atoms with Gasteiger partial charge in [-0.1, -0.05) is 24.3 Å². The van der Waals surface area contributed by atoms with Crippen molar-refractivity contribution in [3.63, 3.8) is 0 Å². The minimum Gasteiger partial charge on any atom is -0.493 e. The number of aromatic nitrogens is 2. The number of amides is 1. The number of nitrogens with one attached hydrogen (secondary N) is 1. The molecule has 2 aromatic carbocycles. The SMILES string of the molecule is COc1ccc(CCNC(=O)CC(c2cccc(F)c2)c2cnc3ccccn23)cc1OC. The van der Waals surface area contributed by atoms with Gasteiger partial charge in [0.1, 0.15) is 11.5 Å². The van der Waals surface area contributed by atoms with Gasteiger partial charge in [-0.05, 0) is 53.9 Å². The molecule has 0 aliphatic heterocycles. The summed E-state index contributed by atoms with van der Waals surface area (Å²) < 4.78 is 26.5. The van der Waals surface area contributed by atoms with Crippen molar-refractivity contribution in [2.75, 3.05) is 20.8 Å². The standard InChI is InChI=1S/C26H26FN3O3/c1-32-23-10-9-18(14-24(23)33-2)11-12-28-26(31)16-21(19-6-5-7-20(27)15-19)22-17-29-25-8-3-4-13-30(22)25/h3-10,13-15,17,21H,11-12,16H2,1-2H3,(H,28,31). The summed E-state index contributed by atoms with van der Waals surface area (Å²) in [5.41, 5.74) is 3.38. The second kappa shape index (κ2) is 10.2. The molecule has 0 spiro atoms. The first-order chi connectivity index (χ1) is 16.1. The lowest BCUT2D eigenvalue weighted by molar-refractivity contribution is -0.121. The fraction of sp³-hybridized carbons (Fsp3) is 0.231. The number of rotatable bonds is 9. The molecule has 2 aromatic heterocycles. The second-order valence-electron chi connectivity index (χ2n) is 7.71. The number of methoxy groups -OCH3 is 2. The van der Waals surface area contributed by atoms with Gasteiger partial charge in [0.25, 0.3) is 0 Å². The summed E-state index contributed by atoms with van der Waals surface area (Å²) >= 11 is 0. The van der Waals surface area contributed by atoms with Gasteiger partial charge < -0.3 is 19.2 Å². The van der Waals surface area contributed by atoms with E-state index in [-0.39, 0.29) is 24.1 Å². The van der Waals surface area contributed by atoms with Crippen molar-refractivity contribution in [2.24, 2.45) is 0 Å². The van der Waals surface area contributed by atoms with Crippen molar-refractivity contribution in [2.45, 2.75) is 18.8 Å². The van der Waals surface area contributed by atoms with Gasteiger partial charge in [0, 0.05) is 31.3 Å². The molecule has 2 heterocycles. The first kappa shape index (κ1) is 22.3. The molecule has 1 N–H and O–H groups in total. The number of hydrogen-bond donors (Lipinski definition) is 1. The smallest absolute Gasteiger partial charge is 0.221 e. The molecule has 170 valence electrons. The van der Waals surface area contributed by atoms with E-state index in [1.807, 2.05) is 53.1 Å². The number of pyridine rings is 1. The van der Waals surface area contributed by atoms with Crippen molar-refractivity contribution < 1.29 is 18.7 Å². The predicted molar refractivity (Wildman–Crippen MR) is 124 cm³/mol. The Morgan fingerprint density at radius 1 is 1.06 bits per heavy atom. The first-order valence-corrected chi connectivity index (χ1v) is 10.7. The molecule has 1 atom stereocenters. The Bertz CT molecular complexity index is 1250. The number of hydrogen-bond acceptors (Lipinski definition) is 4. The maximum atomic E-state index is 14.0. The van der Waals surface area contributed by atoms with E-state index < -0.39 is 0 Å². The van der Waals surface area contributed by atoms with E-state index in [4.69, 9.17) is 9.47 Å². The molecule has 0 aliphatic carbocycles. The van der Waals surface area contributed by atoms with Crippen molar-refractivity contribution >= 4 is 11.6 Å². The molecule has 1 unspecified atom stereocenters. The Morgan fingerprint density at radius 3 is 2.70 bits per heavy atom. The van der Waals surface area contributed by atoms with Crippen molar-refractivity contribution in [3.05, 3.63) is 95.7 Å². The lowest BCUT2D eigenvalue weighted by Gasteiger charge is -2.17. The van der Waals surface area contributed by atoms with Crippen LogP contribution >= 0.6 is 0 Å². The highest BCUT2D eigenvalue weighted by Gasteiger charge is 2.22. The normalized spacial score (nSPS) is 11.8. The molecule has 0 bridgehead atoms. The monoisotopic (exact) mass is 447 g/mol. The van der Waals surface area contributed by atoms with Crippen LogP contribution in [0.2, 0.25) is 0 Å². The number of halogens is 1. The molecule has 33 heavy (non-hydrogen) atoms. The fourth-order valence-corrected chi connectivity index (χ4v) is 3.97. The number of ether oxygens (including phenoxy) is 2. The fourth-order valence-electron chi connectivity index (χ4n) is 3.97. The quantitative estimate of drug-likeness (QED) is 0.414. The van der Waals surface area contributed by atoms with Gasteiger partial charge in [-0.15, -0.1) is 0 Å². The Hall–Kier alpha value is -3.87.